The number of hydrogen-bond donors (Lipinski definition) is 1. The SMILES string of the molecule is CSC(C)CN=C(N)N1CCSCC1.I. The number of aliphatic imine (C=N–C) groups is 1. The highest BCUT2D eigenvalue weighted by Gasteiger charge is 2.12. The molecule has 0 spiro atoms. The third-order valence-corrected chi connectivity index (χ3v) is 4.14. The average molecular weight is 361 g/mol. The molecule has 1 fully saturated rings. The maximum absolute atomic E-state index is 5.91. The summed E-state index contributed by atoms with van der Waals surface area (Å²) in [5.74, 6) is 3.08. The van der Waals surface area contributed by atoms with Crippen molar-refractivity contribution in [3.8, 4) is 0 Å². The molecule has 90 valence electrons. The second-order valence-electron chi connectivity index (χ2n) is 3.34. The topological polar surface area (TPSA) is 41.6 Å². The molecule has 2 N–H and O–H groups in total. The van der Waals surface area contributed by atoms with Crippen LogP contribution in [0.25, 0.3) is 0 Å². The maximum atomic E-state index is 5.91. The van der Waals surface area contributed by atoms with E-state index >= 15 is 0 Å². The molecule has 0 aliphatic carbocycles. The summed E-state index contributed by atoms with van der Waals surface area (Å²) in [6, 6.07) is 0. The van der Waals surface area contributed by atoms with E-state index in [0.717, 1.165) is 25.6 Å². The van der Waals surface area contributed by atoms with Gasteiger partial charge in [-0.05, 0) is 6.26 Å². The van der Waals surface area contributed by atoms with Gasteiger partial charge in [-0.1, -0.05) is 6.92 Å². The van der Waals surface area contributed by atoms with Crippen molar-refractivity contribution in [2.24, 2.45) is 10.7 Å². The van der Waals surface area contributed by atoms with Gasteiger partial charge in [0.25, 0.3) is 0 Å². The van der Waals surface area contributed by atoms with Crippen molar-refractivity contribution in [2.75, 3.05) is 37.4 Å². The van der Waals surface area contributed by atoms with E-state index in [-0.39, 0.29) is 24.0 Å². The zero-order valence-corrected chi connectivity index (χ0v) is 13.3. The Morgan fingerprint density at radius 2 is 2.13 bits per heavy atom. The van der Waals surface area contributed by atoms with Crippen molar-refractivity contribution in [1.29, 1.82) is 0 Å². The first kappa shape index (κ1) is 15.7. The van der Waals surface area contributed by atoms with Crippen molar-refractivity contribution in [3.05, 3.63) is 0 Å². The van der Waals surface area contributed by atoms with Gasteiger partial charge in [0, 0.05) is 29.8 Å². The summed E-state index contributed by atoms with van der Waals surface area (Å²) in [4.78, 5) is 6.59. The second kappa shape index (κ2) is 8.81. The zero-order chi connectivity index (χ0) is 10.4. The lowest BCUT2D eigenvalue weighted by atomic mass is 10.5. The van der Waals surface area contributed by atoms with Crippen LogP contribution >= 0.6 is 47.5 Å². The fourth-order valence-corrected chi connectivity index (χ4v) is 2.32. The van der Waals surface area contributed by atoms with Crippen molar-refractivity contribution in [1.82, 2.24) is 4.90 Å². The fraction of sp³-hybridized carbons (Fsp3) is 0.889. The minimum absolute atomic E-state index is 0. The first-order valence-electron chi connectivity index (χ1n) is 4.89. The lowest BCUT2D eigenvalue weighted by Crippen LogP contribution is -2.42. The molecule has 0 amide bonds. The molecule has 1 heterocycles. The lowest BCUT2D eigenvalue weighted by Gasteiger charge is -2.27. The Hall–Kier alpha value is 0.700. The number of thioether (sulfide) groups is 2. The Balaban J connectivity index is 0.00000196. The fourth-order valence-electron chi connectivity index (χ4n) is 1.19. The van der Waals surface area contributed by atoms with Crippen molar-refractivity contribution in [2.45, 2.75) is 12.2 Å². The Labute approximate surface area is 118 Å². The van der Waals surface area contributed by atoms with Crippen LogP contribution < -0.4 is 5.73 Å². The predicted molar refractivity (Wildman–Crippen MR) is 83.8 cm³/mol. The third kappa shape index (κ3) is 6.11. The molecule has 1 rings (SSSR count). The minimum Gasteiger partial charge on any atom is -0.370 e. The van der Waals surface area contributed by atoms with Crippen LogP contribution in [0.4, 0.5) is 0 Å². The van der Waals surface area contributed by atoms with Crippen LogP contribution in [-0.4, -0.2) is 53.5 Å². The molecular weight excluding hydrogens is 341 g/mol. The number of halogens is 1. The molecule has 0 aromatic carbocycles. The average Bonchev–Trinajstić information content (AvgIpc) is 2.26. The van der Waals surface area contributed by atoms with Crippen molar-refractivity contribution < 1.29 is 0 Å². The van der Waals surface area contributed by atoms with E-state index in [1.54, 1.807) is 0 Å². The number of hydrogen-bond acceptors (Lipinski definition) is 3. The minimum atomic E-state index is 0. The van der Waals surface area contributed by atoms with E-state index in [2.05, 4.69) is 23.1 Å². The van der Waals surface area contributed by atoms with Gasteiger partial charge in [-0.2, -0.15) is 23.5 Å². The summed E-state index contributed by atoms with van der Waals surface area (Å²) in [5.41, 5.74) is 5.91. The van der Waals surface area contributed by atoms with Crippen molar-refractivity contribution in [3.63, 3.8) is 0 Å². The van der Waals surface area contributed by atoms with Crippen LogP contribution in [0.3, 0.4) is 0 Å². The molecule has 0 aromatic heterocycles. The number of nitrogens with zero attached hydrogens (tertiary/aromatic N) is 2. The van der Waals surface area contributed by atoms with Gasteiger partial charge in [-0.15, -0.1) is 24.0 Å². The molecule has 3 nitrogen and oxygen atoms in total. The number of guanidine groups is 1. The lowest BCUT2D eigenvalue weighted by molar-refractivity contribution is 0.456. The van der Waals surface area contributed by atoms with Crippen LogP contribution in [0.15, 0.2) is 4.99 Å². The van der Waals surface area contributed by atoms with Gasteiger partial charge >= 0.3 is 0 Å². The molecule has 0 saturated carbocycles. The van der Waals surface area contributed by atoms with E-state index in [9.17, 15) is 0 Å². The van der Waals surface area contributed by atoms with E-state index < -0.39 is 0 Å². The van der Waals surface area contributed by atoms with E-state index in [1.165, 1.54) is 11.5 Å². The molecule has 1 unspecified atom stereocenters. The van der Waals surface area contributed by atoms with Crippen LogP contribution in [0.5, 0.6) is 0 Å². The molecular formula is C9H20IN3S2. The largest absolute Gasteiger partial charge is 0.370 e. The number of rotatable bonds is 3. The summed E-state index contributed by atoms with van der Waals surface area (Å²) in [7, 11) is 0. The summed E-state index contributed by atoms with van der Waals surface area (Å²) in [6.07, 6.45) is 2.11. The standard InChI is InChI=1S/C9H19N3S2.HI/c1-8(13-2)7-11-9(10)12-3-5-14-6-4-12;/h8H,3-7H2,1-2H3,(H2,10,11);1H. The molecule has 0 bridgehead atoms. The van der Waals surface area contributed by atoms with Gasteiger partial charge in [0.2, 0.25) is 0 Å². The number of nitrogens with two attached hydrogens (primary N) is 1. The highest BCUT2D eigenvalue weighted by molar-refractivity contribution is 14.0. The molecule has 0 aromatic rings. The predicted octanol–water partition coefficient (Wildman–Crippen LogP) is 1.72. The quantitative estimate of drug-likeness (QED) is 0.472. The first-order chi connectivity index (χ1) is 6.74. The van der Waals surface area contributed by atoms with Gasteiger partial charge < -0.3 is 10.6 Å². The van der Waals surface area contributed by atoms with E-state index in [0.29, 0.717) is 5.25 Å². The highest BCUT2D eigenvalue weighted by atomic mass is 127. The molecule has 1 saturated heterocycles. The van der Waals surface area contributed by atoms with E-state index in [4.69, 9.17) is 5.73 Å². The van der Waals surface area contributed by atoms with Crippen LogP contribution in [-0.2, 0) is 0 Å². The summed E-state index contributed by atoms with van der Waals surface area (Å²) < 4.78 is 0. The summed E-state index contributed by atoms with van der Waals surface area (Å²) >= 11 is 3.82. The van der Waals surface area contributed by atoms with Crippen LogP contribution in [0, 0.1) is 0 Å². The smallest absolute Gasteiger partial charge is 0.191 e. The molecule has 15 heavy (non-hydrogen) atoms. The first-order valence-corrected chi connectivity index (χ1v) is 7.33. The van der Waals surface area contributed by atoms with Crippen molar-refractivity contribution >= 4 is 53.5 Å². The van der Waals surface area contributed by atoms with Gasteiger partial charge in [0.1, 0.15) is 0 Å². The summed E-state index contributed by atoms with van der Waals surface area (Å²) in [5, 5.41) is 0.563. The normalized spacial score (nSPS) is 19.6. The monoisotopic (exact) mass is 361 g/mol. The van der Waals surface area contributed by atoms with Gasteiger partial charge in [0.15, 0.2) is 5.96 Å². The van der Waals surface area contributed by atoms with Gasteiger partial charge in [-0.3, -0.25) is 4.99 Å². The van der Waals surface area contributed by atoms with Crippen LogP contribution in [0.1, 0.15) is 6.92 Å². The molecule has 0 radical (unpaired) electrons. The second-order valence-corrected chi connectivity index (χ2v) is 5.85. The molecule has 6 heteroatoms. The highest BCUT2D eigenvalue weighted by Crippen LogP contribution is 2.09. The Morgan fingerprint density at radius 1 is 1.53 bits per heavy atom. The van der Waals surface area contributed by atoms with E-state index in [1.807, 2.05) is 23.5 Å². The molecule has 1 aliphatic rings. The molecule has 1 aliphatic heterocycles. The maximum Gasteiger partial charge on any atom is 0.191 e. The third-order valence-electron chi connectivity index (χ3n) is 2.25. The van der Waals surface area contributed by atoms with Crippen LogP contribution in [0.2, 0.25) is 0 Å². The summed E-state index contributed by atoms with van der Waals surface area (Å²) in [6.45, 7) is 5.10. The van der Waals surface area contributed by atoms with Gasteiger partial charge in [0.05, 0.1) is 6.54 Å². The zero-order valence-electron chi connectivity index (χ0n) is 9.31. The Morgan fingerprint density at radius 3 is 2.67 bits per heavy atom. The van der Waals surface area contributed by atoms with Gasteiger partial charge in [-0.25, -0.2) is 0 Å². The Kier molecular flexibility index (Phi) is 9.22. The molecule has 1 atom stereocenters. The Bertz CT molecular complexity index is 196.